The van der Waals surface area contributed by atoms with Crippen molar-refractivity contribution in [2.45, 2.75) is 32.2 Å². The van der Waals surface area contributed by atoms with Crippen LogP contribution in [0.5, 0.6) is 0 Å². The number of hydrogen-bond donors (Lipinski definition) is 1. The van der Waals surface area contributed by atoms with Crippen LogP contribution in [0, 0.1) is 11.1 Å². The van der Waals surface area contributed by atoms with Gasteiger partial charge < -0.3 is 15.4 Å². The van der Waals surface area contributed by atoms with Crippen LogP contribution in [-0.4, -0.2) is 29.8 Å². The monoisotopic (exact) mass is 401 g/mol. The molecule has 1 N–H and O–H groups in total. The Balaban J connectivity index is 1.46. The summed E-state index contributed by atoms with van der Waals surface area (Å²) in [7, 11) is 0. The predicted molar refractivity (Wildman–Crippen MR) is 107 cm³/mol. The van der Waals surface area contributed by atoms with E-state index in [1.165, 1.54) is 12.4 Å². The van der Waals surface area contributed by atoms with Crippen molar-refractivity contribution < 1.29 is 14.3 Å². The van der Waals surface area contributed by atoms with Gasteiger partial charge in [-0.3, -0.25) is 9.59 Å². The zero-order valence-corrected chi connectivity index (χ0v) is 16.4. The summed E-state index contributed by atoms with van der Waals surface area (Å²) in [6, 6.07) is 10.7. The summed E-state index contributed by atoms with van der Waals surface area (Å²) in [6.45, 7) is 1.71. The van der Waals surface area contributed by atoms with Crippen LogP contribution in [0.15, 0.2) is 48.8 Å². The van der Waals surface area contributed by atoms with Crippen molar-refractivity contribution in [3.8, 4) is 0 Å². The number of nitrogens with zero attached hydrogens (tertiary/aromatic N) is 2. The molecule has 1 fully saturated rings. The standard InChI is InChI=1S/C21H24ClN3O3/c22-19-8-2-1-6-17(19)13-23-20(26)10-9-16-5-3-11-24(14-16)21(27)18-7-4-12-25(28)15-18/h1-2,4,6-8,12,15-16H,3,5,9-11,13-14H2,(H,23,26). The Bertz CT molecular complexity index is 843. The minimum atomic E-state index is -0.127. The summed E-state index contributed by atoms with van der Waals surface area (Å²) < 4.78 is 0.637. The number of halogens is 1. The third kappa shape index (κ3) is 5.45. The number of pyridine rings is 1. The summed E-state index contributed by atoms with van der Waals surface area (Å²) in [6.07, 6.45) is 5.71. The number of aromatic nitrogens is 1. The number of likely N-dealkylation sites (tertiary alicyclic amines) is 1. The Morgan fingerprint density at radius 3 is 2.86 bits per heavy atom. The van der Waals surface area contributed by atoms with E-state index in [0.29, 0.717) is 41.4 Å². The lowest BCUT2D eigenvalue weighted by Crippen LogP contribution is -2.41. The molecular formula is C21H24ClN3O3. The van der Waals surface area contributed by atoms with Crippen LogP contribution in [0.4, 0.5) is 0 Å². The van der Waals surface area contributed by atoms with E-state index in [-0.39, 0.29) is 17.7 Å². The van der Waals surface area contributed by atoms with E-state index in [1.807, 2.05) is 18.2 Å². The Labute approximate surface area is 169 Å². The highest BCUT2D eigenvalue weighted by atomic mass is 35.5. The van der Waals surface area contributed by atoms with Gasteiger partial charge in [-0.2, -0.15) is 4.73 Å². The molecule has 1 aliphatic heterocycles. The number of carbonyl (C=O) groups excluding carboxylic acids is 2. The van der Waals surface area contributed by atoms with Gasteiger partial charge >= 0.3 is 0 Å². The van der Waals surface area contributed by atoms with Crippen LogP contribution in [0.3, 0.4) is 0 Å². The first-order valence-electron chi connectivity index (χ1n) is 9.51. The first-order chi connectivity index (χ1) is 13.5. The second-order valence-electron chi connectivity index (χ2n) is 7.12. The van der Waals surface area contributed by atoms with Crippen molar-refractivity contribution in [2.75, 3.05) is 13.1 Å². The van der Waals surface area contributed by atoms with E-state index in [2.05, 4.69) is 5.32 Å². The highest BCUT2D eigenvalue weighted by Gasteiger charge is 2.25. The molecule has 1 aromatic heterocycles. The second-order valence-corrected chi connectivity index (χ2v) is 7.53. The normalized spacial score (nSPS) is 16.6. The minimum absolute atomic E-state index is 0.0150. The lowest BCUT2D eigenvalue weighted by atomic mass is 9.93. The van der Waals surface area contributed by atoms with E-state index < -0.39 is 0 Å². The van der Waals surface area contributed by atoms with Crippen molar-refractivity contribution in [3.05, 3.63) is 70.1 Å². The maximum Gasteiger partial charge on any atom is 0.259 e. The lowest BCUT2D eigenvalue weighted by Gasteiger charge is -2.32. The fourth-order valence-corrected chi connectivity index (χ4v) is 3.71. The lowest BCUT2D eigenvalue weighted by molar-refractivity contribution is -0.605. The summed E-state index contributed by atoms with van der Waals surface area (Å²) in [5.41, 5.74) is 1.29. The van der Waals surface area contributed by atoms with Crippen molar-refractivity contribution in [1.82, 2.24) is 10.2 Å². The summed E-state index contributed by atoms with van der Waals surface area (Å²) in [5, 5.41) is 14.9. The van der Waals surface area contributed by atoms with Gasteiger partial charge in [0.25, 0.3) is 5.91 Å². The molecule has 1 atom stereocenters. The molecule has 0 aliphatic carbocycles. The number of nitrogens with one attached hydrogen (secondary N) is 1. The molecule has 148 valence electrons. The molecule has 1 aromatic carbocycles. The van der Waals surface area contributed by atoms with Crippen LogP contribution in [0.1, 0.15) is 41.6 Å². The van der Waals surface area contributed by atoms with Gasteiger partial charge in [0.1, 0.15) is 5.56 Å². The van der Waals surface area contributed by atoms with Gasteiger partial charge in [-0.15, -0.1) is 0 Å². The molecule has 2 aromatic rings. The molecule has 0 radical (unpaired) electrons. The second kappa shape index (κ2) is 9.55. The molecular weight excluding hydrogens is 378 g/mol. The highest BCUT2D eigenvalue weighted by molar-refractivity contribution is 6.31. The molecule has 0 bridgehead atoms. The fraction of sp³-hybridized carbons (Fsp3) is 0.381. The van der Waals surface area contributed by atoms with Gasteiger partial charge in [0, 0.05) is 37.1 Å². The molecule has 1 unspecified atom stereocenters. The Morgan fingerprint density at radius 2 is 2.07 bits per heavy atom. The molecule has 2 heterocycles. The number of piperidine rings is 1. The van der Waals surface area contributed by atoms with Gasteiger partial charge in [-0.25, -0.2) is 0 Å². The summed E-state index contributed by atoms with van der Waals surface area (Å²) in [4.78, 5) is 26.6. The average molecular weight is 402 g/mol. The molecule has 3 rings (SSSR count). The Morgan fingerprint density at radius 1 is 1.25 bits per heavy atom. The van der Waals surface area contributed by atoms with Crippen LogP contribution in [0.25, 0.3) is 0 Å². The molecule has 28 heavy (non-hydrogen) atoms. The van der Waals surface area contributed by atoms with Crippen molar-refractivity contribution in [2.24, 2.45) is 5.92 Å². The Kier molecular flexibility index (Phi) is 6.87. The van der Waals surface area contributed by atoms with Crippen molar-refractivity contribution in [3.63, 3.8) is 0 Å². The molecule has 6 nitrogen and oxygen atoms in total. The first-order valence-corrected chi connectivity index (χ1v) is 9.89. The topological polar surface area (TPSA) is 76.4 Å². The van der Waals surface area contributed by atoms with Crippen LogP contribution in [-0.2, 0) is 11.3 Å². The number of amides is 2. The maximum absolute atomic E-state index is 12.6. The third-order valence-electron chi connectivity index (χ3n) is 5.04. The fourth-order valence-electron chi connectivity index (χ4n) is 3.51. The van der Waals surface area contributed by atoms with E-state index in [9.17, 15) is 14.8 Å². The number of carbonyl (C=O) groups is 2. The smallest absolute Gasteiger partial charge is 0.259 e. The molecule has 0 spiro atoms. The van der Waals surface area contributed by atoms with E-state index in [0.717, 1.165) is 24.8 Å². The van der Waals surface area contributed by atoms with Gasteiger partial charge in [0.2, 0.25) is 5.91 Å². The Hall–Kier alpha value is -2.60. The summed E-state index contributed by atoms with van der Waals surface area (Å²) in [5.74, 6) is 0.142. The third-order valence-corrected chi connectivity index (χ3v) is 5.41. The van der Waals surface area contributed by atoms with Crippen LogP contribution < -0.4 is 10.0 Å². The molecule has 2 amide bonds. The zero-order valence-electron chi connectivity index (χ0n) is 15.6. The van der Waals surface area contributed by atoms with Gasteiger partial charge in [0.15, 0.2) is 12.4 Å². The van der Waals surface area contributed by atoms with Crippen molar-refractivity contribution in [1.29, 1.82) is 0 Å². The predicted octanol–water partition coefficient (Wildman–Crippen LogP) is 2.92. The van der Waals surface area contributed by atoms with E-state index in [1.54, 1.807) is 23.1 Å². The zero-order chi connectivity index (χ0) is 19.9. The van der Waals surface area contributed by atoms with E-state index in [4.69, 9.17) is 11.6 Å². The van der Waals surface area contributed by atoms with Gasteiger partial charge in [-0.05, 0) is 42.9 Å². The van der Waals surface area contributed by atoms with Crippen LogP contribution in [0.2, 0.25) is 5.02 Å². The molecule has 1 saturated heterocycles. The molecule has 0 saturated carbocycles. The van der Waals surface area contributed by atoms with E-state index >= 15 is 0 Å². The largest absolute Gasteiger partial charge is 0.619 e. The summed E-state index contributed by atoms with van der Waals surface area (Å²) >= 11 is 6.10. The number of hydrogen-bond acceptors (Lipinski definition) is 3. The van der Waals surface area contributed by atoms with Gasteiger partial charge in [-0.1, -0.05) is 29.8 Å². The first kappa shape index (κ1) is 20.1. The molecule has 7 heteroatoms. The van der Waals surface area contributed by atoms with Crippen LogP contribution >= 0.6 is 11.6 Å². The number of rotatable bonds is 6. The number of benzene rings is 1. The van der Waals surface area contributed by atoms with Gasteiger partial charge in [0.05, 0.1) is 0 Å². The minimum Gasteiger partial charge on any atom is -0.619 e. The highest BCUT2D eigenvalue weighted by Crippen LogP contribution is 2.22. The average Bonchev–Trinajstić information content (AvgIpc) is 2.71. The maximum atomic E-state index is 12.6. The quantitative estimate of drug-likeness (QED) is 0.597. The molecule has 1 aliphatic rings. The van der Waals surface area contributed by atoms with Crippen molar-refractivity contribution >= 4 is 23.4 Å². The SMILES string of the molecule is O=C(CCC1CCCN(C(=O)c2ccc[n+]([O-])c2)C1)NCc1ccccc1Cl.